The molecule has 1 aromatic carbocycles. The summed E-state index contributed by atoms with van der Waals surface area (Å²) in [6.07, 6.45) is 3.21. The highest BCUT2D eigenvalue weighted by Gasteiger charge is 2.29. The molecule has 5 rings (SSSR count). The fourth-order valence-electron chi connectivity index (χ4n) is 4.90. The fraction of sp³-hybridized carbons (Fsp3) is 0.448. The van der Waals surface area contributed by atoms with Gasteiger partial charge in [-0.05, 0) is 37.2 Å². The topological polar surface area (TPSA) is 109 Å². The number of unbranched alkanes of at least 4 members (excludes halogenated alkanes) is 1. The second-order valence-electron chi connectivity index (χ2n) is 10.3. The van der Waals surface area contributed by atoms with E-state index in [0.717, 1.165) is 12.1 Å². The highest BCUT2D eigenvalue weighted by atomic mass is 19.1. The van der Waals surface area contributed by atoms with Crippen molar-refractivity contribution in [2.75, 3.05) is 69.4 Å². The molecule has 2 aromatic heterocycles. The number of rotatable bonds is 9. The quantitative estimate of drug-likeness (QED) is 0.392. The number of nitrogens with zero attached hydrogens (tertiary/aromatic N) is 5. The van der Waals surface area contributed by atoms with Crippen LogP contribution in [0.15, 0.2) is 41.3 Å². The van der Waals surface area contributed by atoms with Crippen molar-refractivity contribution in [3.8, 4) is 5.75 Å². The number of halogens is 1. The smallest absolute Gasteiger partial charge is 0.301 e. The van der Waals surface area contributed by atoms with Gasteiger partial charge in [-0.1, -0.05) is 25.5 Å². The summed E-state index contributed by atoms with van der Waals surface area (Å²) < 4.78 is 26.1. The van der Waals surface area contributed by atoms with Crippen LogP contribution < -0.4 is 25.4 Å². The lowest BCUT2D eigenvalue weighted by molar-refractivity contribution is -0.120. The number of amides is 2. The average Bonchev–Trinajstić information content (AvgIpc) is 2.98. The third kappa shape index (κ3) is 6.33. The summed E-state index contributed by atoms with van der Waals surface area (Å²) in [5.41, 5.74) is 1.40. The molecule has 41 heavy (non-hydrogen) atoms. The van der Waals surface area contributed by atoms with Gasteiger partial charge in [0.25, 0.3) is 5.91 Å². The Kier molecular flexibility index (Phi) is 8.79. The molecule has 0 atom stereocenters. The van der Waals surface area contributed by atoms with Crippen LogP contribution in [-0.2, 0) is 16.1 Å². The third-order valence-corrected chi connectivity index (χ3v) is 7.25. The third-order valence-electron chi connectivity index (χ3n) is 7.25. The van der Waals surface area contributed by atoms with Gasteiger partial charge in [0.05, 0.1) is 37.7 Å². The normalized spacial score (nSPS) is 16.3. The Hall–Kier alpha value is -4.03. The maximum absolute atomic E-state index is 14.0. The monoisotopic (exact) mass is 566 g/mol. The van der Waals surface area contributed by atoms with Crippen molar-refractivity contribution < 1.29 is 23.5 Å². The predicted octanol–water partition coefficient (Wildman–Crippen LogP) is 2.06. The van der Waals surface area contributed by atoms with Crippen molar-refractivity contribution >= 4 is 28.8 Å². The van der Waals surface area contributed by atoms with Gasteiger partial charge in [0.2, 0.25) is 11.7 Å². The van der Waals surface area contributed by atoms with Crippen LogP contribution in [-0.4, -0.2) is 85.7 Å². The number of carbonyl (C=O) groups excluding carboxylic acids is 2. The zero-order valence-electron chi connectivity index (χ0n) is 23.4. The van der Waals surface area contributed by atoms with E-state index < -0.39 is 11.5 Å². The number of fused-ring (bicyclic) bond motifs is 1. The maximum Gasteiger partial charge on any atom is 0.301 e. The number of morpholine rings is 1. The number of ether oxygens (including phenoxy) is 2. The van der Waals surface area contributed by atoms with Crippen LogP contribution in [0.4, 0.5) is 15.8 Å². The van der Waals surface area contributed by atoms with Crippen LogP contribution in [0.3, 0.4) is 0 Å². The Morgan fingerprint density at radius 1 is 1.12 bits per heavy atom. The van der Waals surface area contributed by atoms with E-state index >= 15 is 0 Å². The minimum Gasteiger partial charge on any atom is -0.486 e. The zero-order chi connectivity index (χ0) is 28.9. The van der Waals surface area contributed by atoms with Crippen molar-refractivity contribution in [2.24, 2.45) is 0 Å². The minimum absolute atomic E-state index is 0.105. The molecule has 0 radical (unpaired) electrons. The number of aromatic nitrogens is 2. The highest BCUT2D eigenvalue weighted by Crippen LogP contribution is 2.29. The highest BCUT2D eigenvalue weighted by molar-refractivity contribution is 6.00. The molecule has 0 unspecified atom stereocenters. The summed E-state index contributed by atoms with van der Waals surface area (Å²) in [6.45, 7) is 5.99. The van der Waals surface area contributed by atoms with Gasteiger partial charge in [-0.25, -0.2) is 9.37 Å². The predicted molar refractivity (Wildman–Crippen MR) is 152 cm³/mol. The molecule has 0 spiro atoms. The van der Waals surface area contributed by atoms with Gasteiger partial charge in [-0.15, -0.1) is 0 Å². The molecule has 11 nitrogen and oxygen atoms in total. The molecule has 3 aromatic rings. The van der Waals surface area contributed by atoms with Crippen LogP contribution in [0.25, 0.3) is 5.65 Å². The van der Waals surface area contributed by atoms with E-state index in [-0.39, 0.29) is 48.5 Å². The number of pyridine rings is 1. The molecule has 1 N–H and O–H groups in total. The molecule has 2 amide bonds. The molecule has 0 aliphatic carbocycles. The molecular weight excluding hydrogens is 531 g/mol. The number of likely N-dealkylation sites (N-methyl/N-ethyl adjacent to an activating group) is 1. The summed E-state index contributed by atoms with van der Waals surface area (Å²) in [5.74, 6) is -1.26. The lowest BCUT2D eigenvalue weighted by atomic mass is 10.2. The summed E-state index contributed by atoms with van der Waals surface area (Å²) >= 11 is 0. The van der Waals surface area contributed by atoms with Gasteiger partial charge < -0.3 is 24.6 Å². The van der Waals surface area contributed by atoms with E-state index in [0.29, 0.717) is 57.1 Å². The van der Waals surface area contributed by atoms with E-state index in [4.69, 9.17) is 9.47 Å². The lowest BCUT2D eigenvalue weighted by Crippen LogP contribution is -2.49. The van der Waals surface area contributed by atoms with Crippen molar-refractivity contribution in [3.63, 3.8) is 0 Å². The second kappa shape index (κ2) is 12.6. The number of nitrogens with one attached hydrogen (secondary N) is 1. The molecule has 2 aliphatic heterocycles. The Morgan fingerprint density at radius 2 is 1.88 bits per heavy atom. The minimum atomic E-state index is -0.603. The first-order chi connectivity index (χ1) is 19.9. The van der Waals surface area contributed by atoms with E-state index in [1.165, 1.54) is 16.5 Å². The van der Waals surface area contributed by atoms with Crippen LogP contribution in [0.2, 0.25) is 0 Å². The second-order valence-corrected chi connectivity index (χ2v) is 10.3. The maximum atomic E-state index is 14.0. The number of hydrogen-bond donors (Lipinski definition) is 1. The Morgan fingerprint density at radius 3 is 2.59 bits per heavy atom. The van der Waals surface area contributed by atoms with Crippen molar-refractivity contribution in [1.82, 2.24) is 19.6 Å². The van der Waals surface area contributed by atoms with Crippen molar-refractivity contribution in [1.29, 1.82) is 0 Å². The van der Waals surface area contributed by atoms with Crippen molar-refractivity contribution in [3.05, 3.63) is 64.0 Å². The number of carbonyl (C=O) groups is 2. The van der Waals surface area contributed by atoms with E-state index in [1.807, 2.05) is 24.9 Å². The summed E-state index contributed by atoms with van der Waals surface area (Å²) in [7, 11) is 1.88. The molecule has 12 heteroatoms. The fourth-order valence-corrected chi connectivity index (χ4v) is 4.90. The molecule has 0 bridgehead atoms. The van der Waals surface area contributed by atoms with E-state index in [9.17, 15) is 18.8 Å². The molecule has 2 aliphatic rings. The van der Waals surface area contributed by atoms with Gasteiger partial charge >= 0.3 is 5.56 Å². The van der Waals surface area contributed by atoms with Crippen LogP contribution in [0, 0.1) is 5.82 Å². The first-order valence-corrected chi connectivity index (χ1v) is 13.9. The summed E-state index contributed by atoms with van der Waals surface area (Å²) in [4.78, 5) is 50.9. The van der Waals surface area contributed by atoms with E-state index in [2.05, 4.69) is 15.2 Å². The largest absolute Gasteiger partial charge is 0.486 e. The van der Waals surface area contributed by atoms with Gasteiger partial charge in [0.1, 0.15) is 5.82 Å². The number of hydrogen-bond acceptors (Lipinski definition) is 8. The van der Waals surface area contributed by atoms with Crippen LogP contribution in [0.1, 0.15) is 35.8 Å². The Bertz CT molecular complexity index is 1470. The van der Waals surface area contributed by atoms with Gasteiger partial charge in [-0.3, -0.25) is 23.7 Å². The molecule has 4 heterocycles. The standard InChI is InChI=1S/C29H35FN6O5/c1-3-4-13-41-26-25(28(38)31-17-20-5-7-21(30)8-6-20)32-27-23(35-10-9-33(2)19-24(35)37)16-22(18-36(27)29(26)39)34-11-14-40-15-12-34/h5-8,16,18H,3-4,9-15,17,19H2,1-2H3,(H,31,38). The van der Waals surface area contributed by atoms with E-state index in [1.54, 1.807) is 23.2 Å². The number of anilines is 2. The van der Waals surface area contributed by atoms with Crippen LogP contribution >= 0.6 is 0 Å². The molecule has 2 saturated heterocycles. The van der Waals surface area contributed by atoms with Crippen LogP contribution in [0.5, 0.6) is 5.75 Å². The van der Waals surface area contributed by atoms with Gasteiger partial charge in [0.15, 0.2) is 11.3 Å². The Balaban J connectivity index is 1.62. The molecular formula is C29H35FN6O5. The van der Waals surface area contributed by atoms with Gasteiger partial charge in [0, 0.05) is 38.9 Å². The SMILES string of the molecule is CCCCOc1c(C(=O)NCc2ccc(F)cc2)nc2c(N3CCN(C)CC3=O)cc(N3CCOCC3)cn2c1=O. The first-order valence-electron chi connectivity index (χ1n) is 13.9. The number of piperazine rings is 1. The molecule has 2 fully saturated rings. The van der Waals surface area contributed by atoms with Gasteiger partial charge in [-0.2, -0.15) is 0 Å². The zero-order valence-corrected chi connectivity index (χ0v) is 23.4. The number of benzene rings is 1. The first kappa shape index (κ1) is 28.5. The summed E-state index contributed by atoms with van der Waals surface area (Å²) in [6, 6.07) is 7.62. The molecule has 0 saturated carbocycles. The van der Waals surface area contributed by atoms with Crippen molar-refractivity contribution in [2.45, 2.75) is 26.3 Å². The molecule has 218 valence electrons. The average molecular weight is 567 g/mol. The summed E-state index contributed by atoms with van der Waals surface area (Å²) in [5, 5.41) is 2.77. The lowest BCUT2D eigenvalue weighted by Gasteiger charge is -2.34. The Labute approximate surface area is 237 Å².